The van der Waals surface area contributed by atoms with E-state index in [1.165, 1.54) is 0 Å². The Balaban J connectivity index is 2.84. The van der Waals surface area contributed by atoms with E-state index in [2.05, 4.69) is 15.9 Å². The zero-order valence-electron chi connectivity index (χ0n) is 9.92. The Hall–Kier alpha value is -0.670. The Bertz CT molecular complexity index is 374. The van der Waals surface area contributed by atoms with Gasteiger partial charge >= 0.3 is 0 Å². The number of rotatable bonds is 5. The van der Waals surface area contributed by atoms with E-state index in [-0.39, 0.29) is 11.7 Å². The topological polar surface area (TPSA) is 26.3 Å². The molecule has 0 saturated heterocycles. The van der Waals surface area contributed by atoms with E-state index in [1.54, 1.807) is 7.11 Å². The molecule has 0 saturated carbocycles. The molecule has 0 bridgehead atoms. The summed E-state index contributed by atoms with van der Waals surface area (Å²) in [7, 11) is 1.65. The van der Waals surface area contributed by atoms with E-state index >= 15 is 0 Å². The molecule has 0 aromatic heterocycles. The normalized spacial score (nSPS) is 12.5. The second-order valence-electron chi connectivity index (χ2n) is 3.98. The molecular weight excluding hydrogens is 268 g/mol. The van der Waals surface area contributed by atoms with Crippen molar-refractivity contribution in [1.82, 2.24) is 0 Å². The summed E-state index contributed by atoms with van der Waals surface area (Å²) < 4.78 is 5.90. The van der Waals surface area contributed by atoms with Crippen molar-refractivity contribution in [2.45, 2.75) is 20.3 Å². The molecule has 0 aliphatic heterocycles. The van der Waals surface area contributed by atoms with Crippen molar-refractivity contribution in [1.29, 1.82) is 0 Å². The first-order valence-corrected chi connectivity index (χ1v) is 6.15. The highest BCUT2D eigenvalue weighted by molar-refractivity contribution is 9.10. The van der Waals surface area contributed by atoms with Gasteiger partial charge < -0.3 is 4.74 Å². The lowest BCUT2D eigenvalue weighted by molar-refractivity contribution is 0.0893. The third-order valence-electron chi connectivity index (χ3n) is 2.66. The Morgan fingerprint density at radius 3 is 2.81 bits per heavy atom. The second-order valence-corrected chi connectivity index (χ2v) is 4.78. The monoisotopic (exact) mass is 284 g/mol. The van der Waals surface area contributed by atoms with Crippen molar-refractivity contribution in [3.63, 3.8) is 0 Å². The Kier molecular flexibility index (Phi) is 5.16. The number of benzene rings is 1. The third kappa shape index (κ3) is 3.16. The Morgan fingerprint density at radius 2 is 2.19 bits per heavy atom. The first-order chi connectivity index (χ1) is 7.57. The van der Waals surface area contributed by atoms with Crippen LogP contribution in [0.15, 0.2) is 22.7 Å². The van der Waals surface area contributed by atoms with Crippen molar-refractivity contribution >= 4 is 21.7 Å². The van der Waals surface area contributed by atoms with E-state index in [1.807, 2.05) is 32.0 Å². The van der Waals surface area contributed by atoms with Crippen molar-refractivity contribution in [3.8, 4) is 0 Å². The van der Waals surface area contributed by atoms with Crippen molar-refractivity contribution in [3.05, 3.63) is 33.8 Å². The number of ketones is 1. The van der Waals surface area contributed by atoms with Crippen LogP contribution >= 0.6 is 15.9 Å². The fraction of sp³-hybridized carbons (Fsp3) is 0.462. The van der Waals surface area contributed by atoms with Crippen LogP contribution in [0.1, 0.15) is 29.3 Å². The van der Waals surface area contributed by atoms with Gasteiger partial charge in [0, 0.05) is 29.7 Å². The number of aryl methyl sites for hydroxylation is 1. The molecule has 3 heteroatoms. The van der Waals surface area contributed by atoms with Gasteiger partial charge in [0.2, 0.25) is 0 Å². The zero-order chi connectivity index (χ0) is 12.1. The minimum Gasteiger partial charge on any atom is -0.385 e. The smallest absolute Gasteiger partial charge is 0.166 e. The molecule has 0 amide bonds. The molecule has 0 heterocycles. The van der Waals surface area contributed by atoms with Gasteiger partial charge in [0.15, 0.2) is 5.78 Å². The summed E-state index contributed by atoms with van der Waals surface area (Å²) in [5.74, 6) is 0.172. The maximum atomic E-state index is 12.1. The van der Waals surface area contributed by atoms with Gasteiger partial charge in [-0.25, -0.2) is 0 Å². The average molecular weight is 285 g/mol. The van der Waals surface area contributed by atoms with Gasteiger partial charge in [-0.1, -0.05) is 25.1 Å². The van der Waals surface area contributed by atoms with Crippen LogP contribution in [0.3, 0.4) is 0 Å². The molecule has 0 fully saturated rings. The van der Waals surface area contributed by atoms with Gasteiger partial charge in [-0.3, -0.25) is 4.79 Å². The minimum atomic E-state index is -0.00181. The van der Waals surface area contributed by atoms with Crippen LogP contribution < -0.4 is 0 Å². The molecule has 88 valence electrons. The minimum absolute atomic E-state index is 0.00181. The van der Waals surface area contributed by atoms with Gasteiger partial charge in [-0.05, 0) is 34.8 Å². The van der Waals surface area contributed by atoms with E-state index in [4.69, 9.17) is 4.74 Å². The van der Waals surface area contributed by atoms with Gasteiger partial charge in [-0.15, -0.1) is 0 Å². The molecule has 0 aliphatic carbocycles. The number of halogens is 1. The van der Waals surface area contributed by atoms with Gasteiger partial charge in [0.05, 0.1) is 0 Å². The Labute approximate surface area is 105 Å². The number of methoxy groups -OCH3 is 1. The molecule has 16 heavy (non-hydrogen) atoms. The number of Topliss-reactive ketones (excluding diaryl/α,β-unsaturated/α-hetero) is 1. The average Bonchev–Trinajstić information content (AvgIpc) is 2.28. The molecule has 0 radical (unpaired) electrons. The van der Waals surface area contributed by atoms with E-state index < -0.39 is 0 Å². The first kappa shape index (κ1) is 13.4. The first-order valence-electron chi connectivity index (χ1n) is 5.36. The number of hydrogen-bond donors (Lipinski definition) is 0. The van der Waals surface area contributed by atoms with Crippen LogP contribution in [0.25, 0.3) is 0 Å². The van der Waals surface area contributed by atoms with Gasteiger partial charge in [0.1, 0.15) is 0 Å². The van der Waals surface area contributed by atoms with Crippen LogP contribution in [0.4, 0.5) is 0 Å². The van der Waals surface area contributed by atoms with E-state index in [0.717, 1.165) is 22.0 Å². The predicted molar refractivity (Wildman–Crippen MR) is 68.9 cm³/mol. The van der Waals surface area contributed by atoms with Crippen LogP contribution in [-0.2, 0) is 4.74 Å². The van der Waals surface area contributed by atoms with Crippen LogP contribution in [0.5, 0.6) is 0 Å². The molecule has 0 aliphatic rings. The highest BCUT2D eigenvalue weighted by Crippen LogP contribution is 2.24. The summed E-state index contributed by atoms with van der Waals surface area (Å²) in [5.41, 5.74) is 1.85. The number of ether oxygens (including phenoxy) is 1. The fourth-order valence-electron chi connectivity index (χ4n) is 1.53. The Morgan fingerprint density at radius 1 is 1.50 bits per heavy atom. The maximum absolute atomic E-state index is 12.1. The molecule has 1 rings (SSSR count). The molecule has 0 spiro atoms. The molecule has 1 atom stereocenters. The number of hydrogen-bond acceptors (Lipinski definition) is 2. The van der Waals surface area contributed by atoms with E-state index in [9.17, 15) is 4.79 Å². The lowest BCUT2D eigenvalue weighted by Crippen LogP contribution is -2.14. The second kappa shape index (κ2) is 6.16. The SMILES string of the molecule is COCCC(C)C(=O)c1cccc(C)c1Br. The summed E-state index contributed by atoms with van der Waals surface area (Å²) in [5, 5.41) is 0. The van der Waals surface area contributed by atoms with Crippen molar-refractivity contribution < 1.29 is 9.53 Å². The summed E-state index contributed by atoms with van der Waals surface area (Å²) in [6.45, 7) is 4.55. The predicted octanol–water partition coefficient (Wildman–Crippen LogP) is 3.61. The van der Waals surface area contributed by atoms with Gasteiger partial charge in [-0.2, -0.15) is 0 Å². The van der Waals surface area contributed by atoms with Crippen LogP contribution in [0, 0.1) is 12.8 Å². The zero-order valence-corrected chi connectivity index (χ0v) is 11.5. The number of carbonyl (C=O) groups excluding carboxylic acids is 1. The van der Waals surface area contributed by atoms with Crippen molar-refractivity contribution in [2.24, 2.45) is 5.92 Å². The largest absolute Gasteiger partial charge is 0.385 e. The summed E-state index contributed by atoms with van der Waals surface area (Å²) in [4.78, 5) is 12.1. The summed E-state index contributed by atoms with van der Waals surface area (Å²) >= 11 is 3.47. The summed E-state index contributed by atoms with van der Waals surface area (Å²) in [6, 6.07) is 5.76. The fourth-order valence-corrected chi connectivity index (χ4v) is 1.99. The third-order valence-corrected chi connectivity index (χ3v) is 3.71. The molecule has 1 aromatic carbocycles. The molecule has 0 N–H and O–H groups in total. The highest BCUT2D eigenvalue weighted by atomic mass is 79.9. The van der Waals surface area contributed by atoms with Crippen LogP contribution in [0.2, 0.25) is 0 Å². The molecule has 2 nitrogen and oxygen atoms in total. The lowest BCUT2D eigenvalue weighted by atomic mass is 9.96. The summed E-state index contributed by atoms with van der Waals surface area (Å²) in [6.07, 6.45) is 0.760. The quantitative estimate of drug-likeness (QED) is 0.772. The van der Waals surface area contributed by atoms with Crippen molar-refractivity contribution in [2.75, 3.05) is 13.7 Å². The number of carbonyl (C=O) groups is 1. The van der Waals surface area contributed by atoms with E-state index in [0.29, 0.717) is 6.61 Å². The molecule has 1 aromatic rings. The molecular formula is C13H17BrO2. The van der Waals surface area contributed by atoms with Gasteiger partial charge in [0.25, 0.3) is 0 Å². The van der Waals surface area contributed by atoms with Crippen LogP contribution in [-0.4, -0.2) is 19.5 Å². The standard InChI is InChI=1S/C13H17BrO2/c1-9-5-4-6-11(12(9)14)13(15)10(2)7-8-16-3/h4-6,10H,7-8H2,1-3H3. The molecule has 1 unspecified atom stereocenters. The highest BCUT2D eigenvalue weighted by Gasteiger charge is 2.17. The maximum Gasteiger partial charge on any atom is 0.166 e. The lowest BCUT2D eigenvalue weighted by Gasteiger charge is -2.12.